The first-order valence-electron chi connectivity index (χ1n) is 11.2. The van der Waals surface area contributed by atoms with Gasteiger partial charge in [-0.15, -0.1) is 0 Å². The summed E-state index contributed by atoms with van der Waals surface area (Å²) in [6.45, 7) is 7.32. The molecule has 0 radical (unpaired) electrons. The summed E-state index contributed by atoms with van der Waals surface area (Å²) in [5.74, 6) is 0.319. The van der Waals surface area contributed by atoms with E-state index in [9.17, 15) is 18.0 Å². The highest BCUT2D eigenvalue weighted by Gasteiger charge is 2.33. The molecule has 0 saturated carbocycles. The van der Waals surface area contributed by atoms with Crippen molar-refractivity contribution in [2.45, 2.75) is 51.9 Å². The van der Waals surface area contributed by atoms with E-state index in [1.165, 1.54) is 19.2 Å². The van der Waals surface area contributed by atoms with Crippen molar-refractivity contribution in [3.8, 4) is 17.2 Å². The molecule has 1 aromatic carbocycles. The number of nitrogens with zero attached hydrogens (tertiary/aromatic N) is 4. The largest absolute Gasteiger partial charge is 0.494 e. The number of benzene rings is 1. The maximum Gasteiger partial charge on any atom is 0.433 e. The Morgan fingerprint density at radius 3 is 2.46 bits per heavy atom. The van der Waals surface area contributed by atoms with E-state index in [0.29, 0.717) is 16.8 Å². The fourth-order valence-electron chi connectivity index (χ4n) is 3.49. The number of alkyl halides is 3. The molecule has 0 unspecified atom stereocenters. The van der Waals surface area contributed by atoms with Gasteiger partial charge in [-0.1, -0.05) is 25.9 Å². The van der Waals surface area contributed by atoms with Crippen LogP contribution in [0.4, 0.5) is 13.2 Å². The van der Waals surface area contributed by atoms with E-state index < -0.39 is 23.8 Å². The second-order valence-corrected chi connectivity index (χ2v) is 9.37. The van der Waals surface area contributed by atoms with Crippen molar-refractivity contribution in [2.24, 2.45) is 5.73 Å². The number of halogens is 3. The van der Waals surface area contributed by atoms with Gasteiger partial charge in [0.15, 0.2) is 17.3 Å². The summed E-state index contributed by atoms with van der Waals surface area (Å²) < 4.78 is 56.0. The molecule has 13 heteroatoms. The number of aromatic nitrogens is 4. The second-order valence-electron chi connectivity index (χ2n) is 9.37. The van der Waals surface area contributed by atoms with Gasteiger partial charge in [0.1, 0.15) is 17.0 Å². The molecular weight excluding hydrogens is 493 g/mol. The highest BCUT2D eigenvalue weighted by Crippen LogP contribution is 2.37. The van der Waals surface area contributed by atoms with Crippen molar-refractivity contribution >= 4 is 16.8 Å². The van der Waals surface area contributed by atoms with Gasteiger partial charge in [0.05, 0.1) is 19.7 Å². The van der Waals surface area contributed by atoms with Gasteiger partial charge in [-0.2, -0.15) is 18.2 Å². The van der Waals surface area contributed by atoms with Gasteiger partial charge >= 0.3 is 6.18 Å². The Kier molecular flexibility index (Phi) is 6.67. The fourth-order valence-corrected chi connectivity index (χ4v) is 3.49. The lowest BCUT2D eigenvalue weighted by molar-refractivity contribution is -0.140. The number of carbonyl (C=O) groups is 1. The van der Waals surface area contributed by atoms with E-state index in [0.717, 1.165) is 6.07 Å². The number of carbonyl (C=O) groups excluding carboxylic acids is 1. The predicted molar refractivity (Wildman–Crippen MR) is 126 cm³/mol. The zero-order valence-corrected chi connectivity index (χ0v) is 20.7. The lowest BCUT2D eigenvalue weighted by Gasteiger charge is -2.11. The van der Waals surface area contributed by atoms with Crippen LogP contribution in [0.2, 0.25) is 0 Å². The third-order valence-electron chi connectivity index (χ3n) is 5.36. The molecule has 0 aliphatic carbocycles. The van der Waals surface area contributed by atoms with Crippen molar-refractivity contribution < 1.29 is 31.6 Å². The standard InChI is InChI=1S/C24H25F3N6O4/c1-11(28)19-18(20(34)29-10-16-31-22(37-33-16)23(2,3)4)32-21(36-19)13-6-8-14(35-5)17-12(13)7-9-15(30-17)24(25,26)27/h6-9,11H,10,28H2,1-5H3,(H,29,34)/t11-/m0/s1. The number of methoxy groups -OCH3 is 1. The van der Waals surface area contributed by atoms with Crippen LogP contribution in [0.5, 0.6) is 5.75 Å². The number of hydrogen-bond donors (Lipinski definition) is 2. The van der Waals surface area contributed by atoms with Crippen LogP contribution < -0.4 is 15.8 Å². The van der Waals surface area contributed by atoms with Gasteiger partial charge < -0.3 is 24.7 Å². The van der Waals surface area contributed by atoms with Crippen LogP contribution in [0.25, 0.3) is 22.4 Å². The van der Waals surface area contributed by atoms with Gasteiger partial charge in [-0.05, 0) is 31.2 Å². The van der Waals surface area contributed by atoms with E-state index >= 15 is 0 Å². The maximum atomic E-state index is 13.3. The van der Waals surface area contributed by atoms with Crippen molar-refractivity contribution in [1.82, 2.24) is 25.4 Å². The maximum absolute atomic E-state index is 13.3. The Labute approximate surface area is 209 Å². The number of rotatable bonds is 6. The van der Waals surface area contributed by atoms with Crippen molar-refractivity contribution in [1.29, 1.82) is 0 Å². The summed E-state index contributed by atoms with van der Waals surface area (Å²) in [7, 11) is 1.33. The number of oxazole rings is 1. The number of nitrogens with one attached hydrogen (secondary N) is 1. The van der Waals surface area contributed by atoms with Crippen LogP contribution >= 0.6 is 0 Å². The summed E-state index contributed by atoms with van der Waals surface area (Å²) in [6, 6.07) is 4.40. The molecule has 3 N–H and O–H groups in total. The molecule has 1 amide bonds. The molecule has 0 fully saturated rings. The van der Waals surface area contributed by atoms with E-state index in [2.05, 4.69) is 25.4 Å². The number of amides is 1. The molecule has 10 nitrogen and oxygen atoms in total. The molecule has 3 aromatic heterocycles. The molecule has 0 bridgehead atoms. The number of ether oxygens (including phenoxy) is 1. The lowest BCUT2D eigenvalue weighted by atomic mass is 9.97. The zero-order chi connectivity index (χ0) is 27.1. The van der Waals surface area contributed by atoms with Gasteiger partial charge in [-0.3, -0.25) is 4.79 Å². The second kappa shape index (κ2) is 9.47. The van der Waals surface area contributed by atoms with E-state index in [-0.39, 0.29) is 46.4 Å². The zero-order valence-electron chi connectivity index (χ0n) is 20.7. The minimum absolute atomic E-state index is 0.0127. The third kappa shape index (κ3) is 5.26. The van der Waals surface area contributed by atoms with Crippen molar-refractivity contribution in [2.75, 3.05) is 7.11 Å². The average Bonchev–Trinajstić information content (AvgIpc) is 3.48. The van der Waals surface area contributed by atoms with E-state index in [4.69, 9.17) is 19.4 Å². The first kappa shape index (κ1) is 26.1. The quantitative estimate of drug-likeness (QED) is 0.376. The molecule has 3 heterocycles. The first-order valence-corrected chi connectivity index (χ1v) is 11.2. The lowest BCUT2D eigenvalue weighted by Crippen LogP contribution is -2.26. The smallest absolute Gasteiger partial charge is 0.433 e. The Morgan fingerprint density at radius 2 is 1.86 bits per heavy atom. The molecule has 1 atom stereocenters. The summed E-state index contributed by atoms with van der Waals surface area (Å²) in [6.07, 6.45) is -4.64. The normalized spacial score (nSPS) is 13.1. The molecule has 196 valence electrons. The number of hydrogen-bond acceptors (Lipinski definition) is 9. The Hall–Kier alpha value is -4.00. The minimum atomic E-state index is -4.64. The number of nitrogens with two attached hydrogens (primary N) is 1. The molecule has 0 saturated heterocycles. The molecular formula is C24H25F3N6O4. The Morgan fingerprint density at radius 1 is 1.14 bits per heavy atom. The van der Waals surface area contributed by atoms with Crippen LogP contribution in [-0.4, -0.2) is 33.1 Å². The van der Waals surface area contributed by atoms with E-state index in [1.807, 2.05) is 20.8 Å². The van der Waals surface area contributed by atoms with Crippen LogP contribution in [0.1, 0.15) is 67.4 Å². The third-order valence-corrected chi connectivity index (χ3v) is 5.36. The number of fused-ring (bicyclic) bond motifs is 1. The van der Waals surface area contributed by atoms with Gasteiger partial charge in [0, 0.05) is 16.4 Å². The summed E-state index contributed by atoms with van der Waals surface area (Å²) in [5.41, 5.74) is 4.79. The summed E-state index contributed by atoms with van der Waals surface area (Å²) in [4.78, 5) is 25.3. The summed E-state index contributed by atoms with van der Waals surface area (Å²) >= 11 is 0. The summed E-state index contributed by atoms with van der Waals surface area (Å²) in [5, 5.41) is 6.82. The topological polar surface area (TPSA) is 142 Å². The first-order chi connectivity index (χ1) is 17.3. The van der Waals surface area contributed by atoms with E-state index in [1.54, 1.807) is 13.0 Å². The van der Waals surface area contributed by atoms with Gasteiger partial charge in [0.2, 0.25) is 11.8 Å². The van der Waals surface area contributed by atoms with Crippen LogP contribution in [0.3, 0.4) is 0 Å². The molecule has 37 heavy (non-hydrogen) atoms. The van der Waals surface area contributed by atoms with Crippen molar-refractivity contribution in [3.63, 3.8) is 0 Å². The molecule has 0 aliphatic rings. The monoisotopic (exact) mass is 518 g/mol. The molecule has 0 aliphatic heterocycles. The highest BCUT2D eigenvalue weighted by atomic mass is 19.4. The number of pyridine rings is 1. The van der Waals surface area contributed by atoms with Crippen LogP contribution in [0, 0.1) is 0 Å². The molecule has 4 aromatic rings. The predicted octanol–water partition coefficient (Wildman–Crippen LogP) is 4.55. The Bertz CT molecular complexity index is 1450. The molecule has 4 rings (SSSR count). The molecule has 0 spiro atoms. The van der Waals surface area contributed by atoms with Crippen molar-refractivity contribution in [3.05, 3.63) is 53.1 Å². The van der Waals surface area contributed by atoms with Gasteiger partial charge in [0.25, 0.3) is 5.91 Å². The van der Waals surface area contributed by atoms with Crippen LogP contribution in [-0.2, 0) is 18.1 Å². The highest BCUT2D eigenvalue weighted by molar-refractivity contribution is 5.98. The van der Waals surface area contributed by atoms with Gasteiger partial charge in [-0.25, -0.2) is 9.97 Å². The Balaban J connectivity index is 1.69. The van der Waals surface area contributed by atoms with Crippen LogP contribution in [0.15, 0.2) is 33.2 Å². The average molecular weight is 518 g/mol. The minimum Gasteiger partial charge on any atom is -0.494 e. The SMILES string of the molecule is COc1ccc(-c2nc(C(=O)NCc3noc(C(C)(C)C)n3)c([C@H](C)N)o2)c2ccc(C(F)(F)F)nc12. The fraction of sp³-hybridized carbons (Fsp3) is 0.375.